The van der Waals surface area contributed by atoms with E-state index in [0.717, 1.165) is 49.4 Å². The van der Waals surface area contributed by atoms with Gasteiger partial charge < -0.3 is 9.88 Å². The van der Waals surface area contributed by atoms with Gasteiger partial charge >= 0.3 is 0 Å². The van der Waals surface area contributed by atoms with Crippen LogP contribution < -0.4 is 5.32 Å². The third-order valence-corrected chi connectivity index (χ3v) is 4.09. The van der Waals surface area contributed by atoms with Crippen molar-refractivity contribution in [3.05, 3.63) is 47.5 Å². The van der Waals surface area contributed by atoms with Crippen molar-refractivity contribution >= 4 is 11.5 Å². The van der Waals surface area contributed by atoms with Crippen LogP contribution in [0.1, 0.15) is 41.0 Å². The number of nitrogens with zero attached hydrogens (tertiary/aromatic N) is 2. The van der Waals surface area contributed by atoms with Crippen molar-refractivity contribution < 1.29 is 4.79 Å². The first-order valence-corrected chi connectivity index (χ1v) is 7.62. The Hall–Kier alpha value is -2.10. The van der Waals surface area contributed by atoms with E-state index in [9.17, 15) is 4.79 Å². The highest BCUT2D eigenvalue weighted by Gasteiger charge is 2.16. The van der Waals surface area contributed by atoms with Crippen molar-refractivity contribution in [2.45, 2.75) is 39.2 Å². The summed E-state index contributed by atoms with van der Waals surface area (Å²) in [7, 11) is 0. The Morgan fingerprint density at radius 3 is 3.05 bits per heavy atom. The average Bonchev–Trinajstić information content (AvgIpc) is 2.90. The number of anilines is 1. The number of hydrogen-bond donors (Lipinski definition) is 1. The van der Waals surface area contributed by atoms with E-state index >= 15 is 0 Å². The topological polar surface area (TPSA) is 46.9 Å². The molecule has 0 spiro atoms. The van der Waals surface area contributed by atoms with Crippen molar-refractivity contribution in [3.63, 3.8) is 0 Å². The van der Waals surface area contributed by atoms with Crippen LogP contribution in [0.25, 0.3) is 0 Å². The van der Waals surface area contributed by atoms with Crippen molar-refractivity contribution in [1.29, 1.82) is 0 Å². The number of Topliss-reactive ketones (excluding diaryl/α,β-unsaturated/α-hetero) is 1. The molecule has 0 radical (unpaired) electrons. The largest absolute Gasteiger partial charge is 0.385 e. The first-order chi connectivity index (χ1) is 10.2. The van der Waals surface area contributed by atoms with E-state index in [1.165, 1.54) is 5.56 Å². The lowest BCUT2D eigenvalue weighted by Crippen LogP contribution is -2.12. The average molecular weight is 283 g/mol. The van der Waals surface area contributed by atoms with Crippen LogP contribution in [0.4, 0.5) is 5.69 Å². The van der Waals surface area contributed by atoms with E-state index in [4.69, 9.17) is 0 Å². The number of benzene rings is 1. The van der Waals surface area contributed by atoms with Gasteiger partial charge in [0.05, 0.1) is 0 Å². The van der Waals surface area contributed by atoms with Crippen molar-refractivity contribution in [1.82, 2.24) is 9.55 Å². The van der Waals surface area contributed by atoms with Gasteiger partial charge in [-0.15, -0.1) is 0 Å². The summed E-state index contributed by atoms with van der Waals surface area (Å²) >= 11 is 0. The number of ketones is 1. The molecule has 3 rings (SSSR count). The second-order valence-corrected chi connectivity index (χ2v) is 5.60. The SMILES string of the molecule is Cc1nccn1CCCNc1ccc2c(c1)C(=O)CCC2. The van der Waals surface area contributed by atoms with E-state index in [-0.39, 0.29) is 5.78 Å². The maximum Gasteiger partial charge on any atom is 0.163 e. The smallest absolute Gasteiger partial charge is 0.163 e. The molecule has 21 heavy (non-hydrogen) atoms. The number of aromatic nitrogens is 2. The van der Waals surface area contributed by atoms with Gasteiger partial charge in [-0.25, -0.2) is 4.98 Å². The zero-order valence-electron chi connectivity index (χ0n) is 12.4. The highest BCUT2D eigenvalue weighted by molar-refractivity contribution is 5.99. The first kappa shape index (κ1) is 13.9. The number of aryl methyl sites for hydroxylation is 3. The van der Waals surface area contributed by atoms with Crippen molar-refractivity contribution in [2.24, 2.45) is 0 Å². The molecule has 0 saturated heterocycles. The Labute approximate surface area is 125 Å². The van der Waals surface area contributed by atoms with Gasteiger partial charge in [0, 0.05) is 43.2 Å². The summed E-state index contributed by atoms with van der Waals surface area (Å²) in [5, 5.41) is 3.41. The molecule has 0 bridgehead atoms. The van der Waals surface area contributed by atoms with E-state index < -0.39 is 0 Å². The maximum atomic E-state index is 11.9. The molecule has 4 heteroatoms. The Kier molecular flexibility index (Phi) is 4.04. The van der Waals surface area contributed by atoms with Gasteiger partial charge in [0.25, 0.3) is 0 Å². The molecule has 0 atom stereocenters. The lowest BCUT2D eigenvalue weighted by molar-refractivity contribution is 0.0972. The lowest BCUT2D eigenvalue weighted by atomic mass is 9.90. The van der Waals surface area contributed by atoms with Gasteiger partial charge in [0.2, 0.25) is 0 Å². The third-order valence-electron chi connectivity index (χ3n) is 4.09. The molecule has 1 aliphatic rings. The van der Waals surface area contributed by atoms with Gasteiger partial charge in [-0.05, 0) is 43.9 Å². The molecule has 0 amide bonds. The number of rotatable bonds is 5. The highest BCUT2D eigenvalue weighted by Crippen LogP contribution is 2.24. The minimum absolute atomic E-state index is 0.286. The maximum absolute atomic E-state index is 11.9. The van der Waals surface area contributed by atoms with E-state index in [2.05, 4.69) is 27.0 Å². The normalized spacial score (nSPS) is 14.0. The van der Waals surface area contributed by atoms with Crippen LogP contribution in [-0.2, 0) is 13.0 Å². The number of fused-ring (bicyclic) bond motifs is 1. The van der Waals surface area contributed by atoms with Gasteiger partial charge in [-0.1, -0.05) is 6.07 Å². The summed E-state index contributed by atoms with van der Waals surface area (Å²) in [4.78, 5) is 16.1. The van der Waals surface area contributed by atoms with Crippen LogP contribution in [0.3, 0.4) is 0 Å². The van der Waals surface area contributed by atoms with Crippen LogP contribution in [0, 0.1) is 6.92 Å². The molecule has 0 unspecified atom stereocenters. The predicted octanol–water partition coefficient (Wildman–Crippen LogP) is 3.21. The van der Waals surface area contributed by atoms with Gasteiger partial charge in [-0.3, -0.25) is 4.79 Å². The Bertz CT molecular complexity index is 645. The van der Waals surface area contributed by atoms with Crippen LogP contribution in [0.15, 0.2) is 30.6 Å². The van der Waals surface area contributed by atoms with E-state index in [1.807, 2.05) is 25.4 Å². The Morgan fingerprint density at radius 2 is 2.24 bits per heavy atom. The van der Waals surface area contributed by atoms with Crippen LogP contribution in [0.2, 0.25) is 0 Å². The summed E-state index contributed by atoms with van der Waals surface area (Å²) in [6, 6.07) is 6.19. The number of hydrogen-bond acceptors (Lipinski definition) is 3. The number of carbonyl (C=O) groups excluding carboxylic acids is 1. The molecule has 0 saturated carbocycles. The van der Waals surface area contributed by atoms with Crippen molar-refractivity contribution in [2.75, 3.05) is 11.9 Å². The second-order valence-electron chi connectivity index (χ2n) is 5.60. The third kappa shape index (κ3) is 3.15. The van der Waals surface area contributed by atoms with Gasteiger partial charge in [-0.2, -0.15) is 0 Å². The minimum atomic E-state index is 0.286. The molecule has 1 heterocycles. The molecular formula is C17H21N3O. The van der Waals surface area contributed by atoms with Gasteiger partial charge in [0.15, 0.2) is 5.78 Å². The number of imidazole rings is 1. The Balaban J connectivity index is 1.55. The quantitative estimate of drug-likeness (QED) is 0.857. The zero-order chi connectivity index (χ0) is 14.7. The van der Waals surface area contributed by atoms with E-state index in [0.29, 0.717) is 6.42 Å². The fourth-order valence-corrected chi connectivity index (χ4v) is 2.86. The second kappa shape index (κ2) is 6.12. The molecule has 1 aromatic carbocycles. The van der Waals surface area contributed by atoms with Crippen LogP contribution in [-0.4, -0.2) is 21.9 Å². The molecule has 1 N–H and O–H groups in total. The molecular weight excluding hydrogens is 262 g/mol. The summed E-state index contributed by atoms with van der Waals surface area (Å²) in [6.45, 7) is 3.87. The summed E-state index contributed by atoms with van der Waals surface area (Å²) in [6.07, 6.45) is 7.58. The molecule has 2 aromatic rings. The fraction of sp³-hybridized carbons (Fsp3) is 0.412. The molecule has 0 aliphatic heterocycles. The van der Waals surface area contributed by atoms with E-state index in [1.54, 1.807) is 0 Å². The molecule has 1 aliphatic carbocycles. The number of nitrogens with one attached hydrogen (secondary N) is 1. The summed E-state index contributed by atoms with van der Waals surface area (Å²) < 4.78 is 2.15. The van der Waals surface area contributed by atoms with Crippen LogP contribution >= 0.6 is 0 Å². The standard InChI is InChI=1S/C17H21N3O/c1-13-18-9-11-20(13)10-3-8-19-15-7-6-14-4-2-5-17(21)16(14)12-15/h6-7,9,11-12,19H,2-5,8,10H2,1H3. The summed E-state index contributed by atoms with van der Waals surface area (Å²) in [5.41, 5.74) is 3.16. The minimum Gasteiger partial charge on any atom is -0.385 e. The lowest BCUT2D eigenvalue weighted by Gasteiger charge is -2.16. The monoisotopic (exact) mass is 283 g/mol. The fourth-order valence-electron chi connectivity index (χ4n) is 2.86. The molecule has 110 valence electrons. The molecule has 1 aromatic heterocycles. The van der Waals surface area contributed by atoms with Gasteiger partial charge in [0.1, 0.15) is 5.82 Å². The zero-order valence-corrected chi connectivity index (χ0v) is 12.4. The molecule has 4 nitrogen and oxygen atoms in total. The number of carbonyl (C=O) groups is 1. The summed E-state index contributed by atoms with van der Waals surface area (Å²) in [5.74, 6) is 1.34. The van der Waals surface area contributed by atoms with Crippen molar-refractivity contribution in [3.8, 4) is 0 Å². The molecule has 0 fully saturated rings. The highest BCUT2D eigenvalue weighted by atomic mass is 16.1. The van der Waals surface area contributed by atoms with Crippen LogP contribution in [0.5, 0.6) is 0 Å². The first-order valence-electron chi connectivity index (χ1n) is 7.62. The predicted molar refractivity (Wildman–Crippen MR) is 83.8 cm³/mol. The Morgan fingerprint density at radius 1 is 1.33 bits per heavy atom.